The Hall–Kier alpha value is -6.15. The molecule has 1 aliphatic heterocycles. The molecular weight excluding hydrogens is 816 g/mol. The van der Waals surface area contributed by atoms with Crippen molar-refractivity contribution in [3.63, 3.8) is 0 Å². The number of nitrogens with one attached hydrogen (secondary N) is 2. The predicted molar refractivity (Wildman–Crippen MR) is 221 cm³/mol. The lowest BCUT2D eigenvalue weighted by Crippen LogP contribution is -2.41. The number of aryl methyl sites for hydroxylation is 1. The van der Waals surface area contributed by atoms with Gasteiger partial charge in [-0.1, -0.05) is 6.07 Å². The minimum absolute atomic E-state index is 0.0173. The molecule has 2 N–H and O–H groups in total. The summed E-state index contributed by atoms with van der Waals surface area (Å²) in [7, 11) is 4.93. The van der Waals surface area contributed by atoms with Crippen molar-refractivity contribution in [3.8, 4) is 5.69 Å². The molecule has 0 radical (unpaired) electrons. The standard InChI is InChI=1S/C43H48F3N7O9/c1-50(2)37(55)14-12-31(27-54)53-41(57)32-5-4-6-35(38(32)42(53)58)47-15-17-59-19-21-61-23-24-62-22-20-60-18-16-48-40(56)28-7-13-36-33(25-28)34-26-51(3)49-39(34)52(36)30-10-8-29(9-11-30)43(44,45)46/h4-11,13,25-27,31,47H,12,14-24H2,1-3H3,(H,48,56). The average Bonchev–Trinajstić information content (AvgIpc) is 3.86. The number of benzene rings is 3. The second-order valence-electron chi connectivity index (χ2n) is 14.5. The number of carbonyl (C=O) groups is 5. The maximum Gasteiger partial charge on any atom is 0.416 e. The fourth-order valence-corrected chi connectivity index (χ4v) is 6.96. The van der Waals surface area contributed by atoms with Crippen LogP contribution in [-0.2, 0) is 41.8 Å². The molecule has 0 saturated carbocycles. The fraction of sp³-hybridized carbons (Fsp3) is 0.395. The Morgan fingerprint density at radius 1 is 0.839 bits per heavy atom. The van der Waals surface area contributed by atoms with Crippen molar-refractivity contribution in [2.24, 2.45) is 7.05 Å². The Morgan fingerprint density at radius 2 is 1.48 bits per heavy atom. The molecule has 0 bridgehead atoms. The van der Waals surface area contributed by atoms with Gasteiger partial charge in [0.1, 0.15) is 6.29 Å². The van der Waals surface area contributed by atoms with Crippen molar-refractivity contribution in [2.75, 3.05) is 85.4 Å². The summed E-state index contributed by atoms with van der Waals surface area (Å²) in [5.74, 6) is -1.68. The van der Waals surface area contributed by atoms with Gasteiger partial charge in [0.05, 0.1) is 81.1 Å². The van der Waals surface area contributed by atoms with Gasteiger partial charge >= 0.3 is 6.18 Å². The highest BCUT2D eigenvalue weighted by Crippen LogP contribution is 2.35. The molecule has 330 valence electrons. The van der Waals surface area contributed by atoms with Crippen LogP contribution in [0, 0.1) is 0 Å². The molecule has 5 aromatic rings. The van der Waals surface area contributed by atoms with Gasteiger partial charge in [0.25, 0.3) is 17.7 Å². The lowest BCUT2D eigenvalue weighted by molar-refractivity contribution is -0.137. The van der Waals surface area contributed by atoms with Crippen LogP contribution >= 0.6 is 0 Å². The zero-order valence-corrected chi connectivity index (χ0v) is 34.5. The van der Waals surface area contributed by atoms with E-state index >= 15 is 0 Å². The SMILES string of the molecule is CN(C)C(=O)CCC(C=O)N1C(=O)c2cccc(NCCOCCOCCOCCOCCNC(=O)c3ccc4c(c3)c3cn(C)nc3n4-c3ccc(C(F)(F)F)cc3)c2C1=O. The number of rotatable bonds is 23. The number of alkyl halides is 3. The summed E-state index contributed by atoms with van der Waals surface area (Å²) in [4.78, 5) is 65.4. The Bertz CT molecular complexity index is 2400. The molecule has 6 rings (SSSR count). The van der Waals surface area contributed by atoms with Gasteiger partial charge in [-0.3, -0.25) is 33.3 Å². The lowest BCUT2D eigenvalue weighted by Gasteiger charge is -2.21. The van der Waals surface area contributed by atoms with E-state index in [1.807, 2.05) is 0 Å². The Kier molecular flexibility index (Phi) is 15.1. The van der Waals surface area contributed by atoms with E-state index in [0.717, 1.165) is 27.8 Å². The van der Waals surface area contributed by atoms with Crippen LogP contribution < -0.4 is 10.6 Å². The first-order valence-electron chi connectivity index (χ1n) is 19.9. The third-order valence-corrected chi connectivity index (χ3v) is 10.1. The Labute approximate surface area is 354 Å². The molecule has 0 saturated heterocycles. The van der Waals surface area contributed by atoms with E-state index in [4.69, 9.17) is 18.9 Å². The fourth-order valence-electron chi connectivity index (χ4n) is 6.96. The van der Waals surface area contributed by atoms with Gasteiger partial charge in [-0.2, -0.15) is 18.3 Å². The van der Waals surface area contributed by atoms with Crippen molar-refractivity contribution in [1.82, 2.24) is 29.5 Å². The van der Waals surface area contributed by atoms with E-state index in [0.29, 0.717) is 87.2 Å². The van der Waals surface area contributed by atoms with Gasteiger partial charge < -0.3 is 39.3 Å². The summed E-state index contributed by atoms with van der Waals surface area (Å²) in [6.07, 6.45) is -2.07. The number of ether oxygens (including phenoxy) is 4. The van der Waals surface area contributed by atoms with E-state index in [1.165, 1.54) is 23.1 Å². The molecule has 3 aromatic carbocycles. The molecular formula is C43H48F3N7O9. The van der Waals surface area contributed by atoms with Crippen molar-refractivity contribution in [2.45, 2.75) is 25.1 Å². The minimum Gasteiger partial charge on any atom is -0.382 e. The van der Waals surface area contributed by atoms with Gasteiger partial charge in [-0.25, -0.2) is 0 Å². The third-order valence-electron chi connectivity index (χ3n) is 10.1. The minimum atomic E-state index is -4.45. The highest BCUT2D eigenvalue weighted by molar-refractivity contribution is 6.24. The Balaban J connectivity index is 0.820. The number of halogens is 3. The third kappa shape index (κ3) is 10.6. The Morgan fingerprint density at radius 3 is 2.11 bits per heavy atom. The molecule has 16 nitrogen and oxygen atoms in total. The summed E-state index contributed by atoms with van der Waals surface area (Å²) in [5, 5.41) is 12.0. The van der Waals surface area contributed by atoms with Gasteiger partial charge in [-0.15, -0.1) is 0 Å². The number of anilines is 1. The second-order valence-corrected chi connectivity index (χ2v) is 14.5. The number of fused-ring (bicyclic) bond motifs is 4. The smallest absolute Gasteiger partial charge is 0.382 e. The van der Waals surface area contributed by atoms with Gasteiger partial charge in [0, 0.05) is 74.6 Å². The van der Waals surface area contributed by atoms with Crippen LogP contribution in [0.25, 0.3) is 27.6 Å². The molecule has 2 aromatic heterocycles. The quantitative estimate of drug-likeness (QED) is 0.0539. The molecule has 19 heteroatoms. The molecule has 3 heterocycles. The number of aromatic nitrogens is 3. The van der Waals surface area contributed by atoms with Crippen LogP contribution in [0.5, 0.6) is 0 Å². The van der Waals surface area contributed by atoms with E-state index in [-0.39, 0.29) is 48.9 Å². The number of nitrogens with zero attached hydrogens (tertiary/aromatic N) is 5. The molecule has 4 amide bonds. The first-order chi connectivity index (χ1) is 29.8. The van der Waals surface area contributed by atoms with E-state index < -0.39 is 29.6 Å². The van der Waals surface area contributed by atoms with Crippen LogP contribution in [0.1, 0.15) is 49.5 Å². The number of imide groups is 1. The highest BCUT2D eigenvalue weighted by Gasteiger charge is 2.41. The monoisotopic (exact) mass is 863 g/mol. The predicted octanol–water partition coefficient (Wildman–Crippen LogP) is 4.48. The van der Waals surface area contributed by atoms with Crippen molar-refractivity contribution in [3.05, 3.63) is 89.1 Å². The number of hydrogen-bond acceptors (Lipinski definition) is 11. The van der Waals surface area contributed by atoms with E-state index in [2.05, 4.69) is 15.7 Å². The summed E-state index contributed by atoms with van der Waals surface area (Å²) in [5.41, 5.74) is 2.25. The first kappa shape index (κ1) is 45.4. The first-order valence-corrected chi connectivity index (χ1v) is 19.9. The molecule has 1 aliphatic rings. The van der Waals surface area contributed by atoms with E-state index in [9.17, 15) is 37.1 Å². The second kappa shape index (κ2) is 20.6. The van der Waals surface area contributed by atoms with Crippen LogP contribution in [0.2, 0.25) is 0 Å². The lowest BCUT2D eigenvalue weighted by atomic mass is 10.1. The highest BCUT2D eigenvalue weighted by atomic mass is 19.4. The van der Waals surface area contributed by atoms with Crippen LogP contribution in [-0.4, -0.2) is 140 Å². The molecule has 0 fully saturated rings. The van der Waals surface area contributed by atoms with Gasteiger partial charge in [-0.05, 0) is 61.0 Å². The summed E-state index contributed by atoms with van der Waals surface area (Å²) in [6, 6.07) is 13.8. The van der Waals surface area contributed by atoms with Crippen molar-refractivity contribution < 1.29 is 56.1 Å². The maximum atomic E-state index is 13.3. The van der Waals surface area contributed by atoms with Crippen molar-refractivity contribution >= 4 is 57.5 Å². The number of hydrogen-bond donors (Lipinski definition) is 2. The molecule has 1 atom stereocenters. The van der Waals surface area contributed by atoms with Crippen molar-refractivity contribution in [1.29, 1.82) is 0 Å². The molecule has 1 unspecified atom stereocenters. The zero-order valence-electron chi connectivity index (χ0n) is 34.5. The van der Waals surface area contributed by atoms with E-state index in [1.54, 1.807) is 66.9 Å². The van der Waals surface area contributed by atoms with Crippen LogP contribution in [0.15, 0.2) is 66.9 Å². The van der Waals surface area contributed by atoms with Crippen LogP contribution in [0.3, 0.4) is 0 Å². The summed E-state index contributed by atoms with van der Waals surface area (Å²) >= 11 is 0. The summed E-state index contributed by atoms with van der Waals surface area (Å²) in [6.45, 7) is 3.13. The van der Waals surface area contributed by atoms with Crippen LogP contribution in [0.4, 0.5) is 18.9 Å². The number of carbonyl (C=O) groups excluding carboxylic acids is 5. The largest absolute Gasteiger partial charge is 0.416 e. The average molecular weight is 864 g/mol. The zero-order chi connectivity index (χ0) is 44.4. The summed E-state index contributed by atoms with van der Waals surface area (Å²) < 4.78 is 65.1. The number of aldehydes is 1. The molecule has 0 aliphatic carbocycles. The normalized spacial score (nSPS) is 13.2. The molecule has 0 spiro atoms. The van der Waals surface area contributed by atoms with Gasteiger partial charge in [0.2, 0.25) is 5.91 Å². The topological polar surface area (TPSA) is 176 Å². The molecule has 62 heavy (non-hydrogen) atoms. The van der Waals surface area contributed by atoms with Gasteiger partial charge in [0.15, 0.2) is 5.65 Å². The number of amides is 4. The maximum absolute atomic E-state index is 13.3.